The molecule has 1 heterocycles. The van der Waals surface area contributed by atoms with Crippen LogP contribution < -0.4 is 15.4 Å². The molecule has 1 aromatic heterocycles. The molecule has 0 aliphatic heterocycles. The fraction of sp³-hybridized carbons (Fsp3) is 0.281. The summed E-state index contributed by atoms with van der Waals surface area (Å²) in [7, 11) is 3.17. The zero-order valence-electron chi connectivity index (χ0n) is 23.8. The van der Waals surface area contributed by atoms with E-state index in [4.69, 9.17) is 4.74 Å². The summed E-state index contributed by atoms with van der Waals surface area (Å²) in [4.78, 5) is 32.2. The maximum Gasteiger partial charge on any atom is 0.256 e. The number of aryl methyl sites for hydroxylation is 1. The van der Waals surface area contributed by atoms with Gasteiger partial charge in [-0.3, -0.25) is 9.59 Å². The van der Waals surface area contributed by atoms with Crippen LogP contribution in [-0.2, 0) is 19.5 Å². The first-order valence-electron chi connectivity index (χ1n) is 13.6. The highest BCUT2D eigenvalue weighted by atomic mass is 32.1. The number of aliphatic hydroxyl groups excluding tert-OH is 1. The summed E-state index contributed by atoms with van der Waals surface area (Å²) in [6.07, 6.45) is -0.563. The third-order valence-corrected chi connectivity index (χ3v) is 7.69. The highest BCUT2D eigenvalue weighted by Gasteiger charge is 2.24. The Morgan fingerprint density at radius 3 is 2.55 bits per heavy atom. The lowest BCUT2D eigenvalue weighted by Crippen LogP contribution is -2.48. The Balaban J connectivity index is 1.45. The number of carbonyl (C=O) groups excluding carboxylic acids is 2. The topological polar surface area (TPSA) is 104 Å². The van der Waals surface area contributed by atoms with Crippen molar-refractivity contribution in [2.45, 2.75) is 38.6 Å². The first-order chi connectivity index (χ1) is 20.2. The molecule has 3 aromatic carbocycles. The number of halogens is 1. The molecule has 2 unspecified atom stereocenters. The SMILES string of the molecule is COc1cccc(CNCC(O)C(Cc2ccccc2)NC(=O)c2ccc(F)c(C(=O)N(C)Cc3nc(C)cs3)c2)c1. The van der Waals surface area contributed by atoms with Gasteiger partial charge >= 0.3 is 0 Å². The van der Waals surface area contributed by atoms with E-state index >= 15 is 0 Å². The summed E-state index contributed by atoms with van der Waals surface area (Å²) in [5.41, 5.74) is 2.68. The highest BCUT2D eigenvalue weighted by molar-refractivity contribution is 7.09. The molecule has 0 spiro atoms. The van der Waals surface area contributed by atoms with Crippen LogP contribution in [0.4, 0.5) is 4.39 Å². The maximum atomic E-state index is 14.7. The molecule has 0 aliphatic carbocycles. The van der Waals surface area contributed by atoms with Crippen LogP contribution in [0.3, 0.4) is 0 Å². The number of nitrogens with one attached hydrogen (secondary N) is 2. The molecule has 42 heavy (non-hydrogen) atoms. The van der Waals surface area contributed by atoms with Gasteiger partial charge in [-0.2, -0.15) is 0 Å². The van der Waals surface area contributed by atoms with E-state index in [1.54, 1.807) is 14.2 Å². The maximum absolute atomic E-state index is 14.7. The second-order valence-corrected chi connectivity index (χ2v) is 11.0. The van der Waals surface area contributed by atoms with E-state index in [2.05, 4.69) is 15.6 Å². The van der Waals surface area contributed by atoms with Crippen LogP contribution in [0.1, 0.15) is 42.5 Å². The minimum Gasteiger partial charge on any atom is -0.497 e. The molecule has 0 bridgehead atoms. The van der Waals surface area contributed by atoms with E-state index in [1.807, 2.05) is 66.9 Å². The number of methoxy groups -OCH3 is 1. The van der Waals surface area contributed by atoms with Gasteiger partial charge in [0.1, 0.15) is 16.6 Å². The summed E-state index contributed by atoms with van der Waals surface area (Å²) in [5.74, 6) is -1.06. The summed E-state index contributed by atoms with van der Waals surface area (Å²) in [6.45, 7) is 2.80. The van der Waals surface area contributed by atoms with Crippen molar-refractivity contribution in [1.82, 2.24) is 20.5 Å². The largest absolute Gasteiger partial charge is 0.497 e. The highest BCUT2D eigenvalue weighted by Crippen LogP contribution is 2.17. The predicted octanol–water partition coefficient (Wildman–Crippen LogP) is 4.36. The van der Waals surface area contributed by atoms with E-state index in [9.17, 15) is 19.1 Å². The van der Waals surface area contributed by atoms with E-state index in [0.29, 0.717) is 13.0 Å². The Morgan fingerprint density at radius 2 is 1.83 bits per heavy atom. The molecule has 4 aromatic rings. The Labute approximate surface area is 249 Å². The monoisotopic (exact) mass is 590 g/mol. The van der Waals surface area contributed by atoms with Crippen LogP contribution in [0.5, 0.6) is 5.75 Å². The van der Waals surface area contributed by atoms with E-state index in [1.165, 1.54) is 28.4 Å². The number of aromatic nitrogens is 1. The Bertz CT molecular complexity index is 1500. The molecular formula is C32H35FN4O4S. The molecular weight excluding hydrogens is 555 g/mol. The summed E-state index contributed by atoms with van der Waals surface area (Å²) in [6, 6.07) is 20.2. The molecule has 0 saturated heterocycles. The Morgan fingerprint density at radius 1 is 1.07 bits per heavy atom. The van der Waals surface area contributed by atoms with Crippen LogP contribution in [-0.4, -0.2) is 59.7 Å². The van der Waals surface area contributed by atoms with Gasteiger partial charge in [0.2, 0.25) is 0 Å². The van der Waals surface area contributed by atoms with Gasteiger partial charge in [0.25, 0.3) is 11.8 Å². The number of rotatable bonds is 13. The first kappa shape index (κ1) is 30.8. The zero-order chi connectivity index (χ0) is 30.1. The quantitative estimate of drug-likeness (QED) is 0.214. The lowest BCUT2D eigenvalue weighted by molar-refractivity contribution is 0.0780. The number of ether oxygens (including phenoxy) is 1. The van der Waals surface area contributed by atoms with Gasteiger partial charge in [0, 0.05) is 36.8 Å². The molecule has 0 saturated carbocycles. The number of benzene rings is 3. The smallest absolute Gasteiger partial charge is 0.256 e. The zero-order valence-corrected chi connectivity index (χ0v) is 24.7. The van der Waals surface area contributed by atoms with Crippen molar-refractivity contribution in [2.24, 2.45) is 0 Å². The third kappa shape index (κ3) is 8.45. The predicted molar refractivity (Wildman–Crippen MR) is 161 cm³/mol. The molecule has 3 N–H and O–H groups in total. The number of hydrogen-bond acceptors (Lipinski definition) is 7. The molecule has 8 nitrogen and oxygen atoms in total. The van der Waals surface area contributed by atoms with E-state index in [-0.39, 0.29) is 24.2 Å². The van der Waals surface area contributed by atoms with Crippen LogP contribution in [0.2, 0.25) is 0 Å². The molecule has 2 atom stereocenters. The molecule has 0 fully saturated rings. The molecule has 4 rings (SSSR count). The van der Waals surface area contributed by atoms with E-state index < -0.39 is 29.8 Å². The number of carbonyl (C=O) groups is 2. The minimum absolute atomic E-state index is 0.118. The number of amides is 2. The van der Waals surface area contributed by atoms with Gasteiger partial charge in [0.15, 0.2) is 0 Å². The van der Waals surface area contributed by atoms with Crippen molar-refractivity contribution >= 4 is 23.2 Å². The van der Waals surface area contributed by atoms with Crippen molar-refractivity contribution in [1.29, 1.82) is 0 Å². The average molecular weight is 591 g/mol. The average Bonchev–Trinajstić information content (AvgIpc) is 3.41. The van der Waals surface area contributed by atoms with Crippen molar-refractivity contribution in [2.75, 3.05) is 20.7 Å². The van der Waals surface area contributed by atoms with Crippen LogP contribution >= 0.6 is 11.3 Å². The Hall–Kier alpha value is -4.12. The fourth-order valence-electron chi connectivity index (χ4n) is 4.48. The van der Waals surface area contributed by atoms with Crippen molar-refractivity contribution in [3.05, 3.63) is 117 Å². The van der Waals surface area contributed by atoms with Crippen molar-refractivity contribution in [3.8, 4) is 5.75 Å². The third-order valence-electron chi connectivity index (χ3n) is 6.74. The van der Waals surface area contributed by atoms with Gasteiger partial charge < -0.3 is 25.4 Å². The Kier molecular flexibility index (Phi) is 10.8. The second kappa shape index (κ2) is 14.7. The molecule has 2 amide bonds. The first-order valence-corrected chi connectivity index (χ1v) is 14.4. The number of hydrogen-bond donors (Lipinski definition) is 3. The molecule has 0 aliphatic rings. The fourth-order valence-corrected chi connectivity index (χ4v) is 5.30. The number of thiazole rings is 1. The van der Waals surface area contributed by atoms with Crippen LogP contribution in [0.15, 0.2) is 78.2 Å². The van der Waals surface area contributed by atoms with Gasteiger partial charge in [-0.1, -0.05) is 42.5 Å². The van der Waals surface area contributed by atoms with Gasteiger partial charge in [-0.15, -0.1) is 11.3 Å². The van der Waals surface area contributed by atoms with Gasteiger partial charge in [-0.05, 0) is 54.8 Å². The van der Waals surface area contributed by atoms with Crippen molar-refractivity contribution < 1.29 is 23.8 Å². The number of nitrogens with zero attached hydrogens (tertiary/aromatic N) is 2. The van der Waals surface area contributed by atoms with Gasteiger partial charge in [0.05, 0.1) is 31.4 Å². The van der Waals surface area contributed by atoms with Gasteiger partial charge in [-0.25, -0.2) is 9.37 Å². The lowest BCUT2D eigenvalue weighted by Gasteiger charge is -2.25. The lowest BCUT2D eigenvalue weighted by atomic mass is 10.00. The van der Waals surface area contributed by atoms with Crippen molar-refractivity contribution in [3.63, 3.8) is 0 Å². The molecule has 220 valence electrons. The number of aliphatic hydroxyl groups is 1. The molecule has 0 radical (unpaired) electrons. The van der Waals surface area contributed by atoms with E-state index in [0.717, 1.165) is 33.6 Å². The summed E-state index contributed by atoms with van der Waals surface area (Å²) < 4.78 is 20.0. The summed E-state index contributed by atoms with van der Waals surface area (Å²) in [5, 5.41) is 19.9. The summed E-state index contributed by atoms with van der Waals surface area (Å²) >= 11 is 1.42. The molecule has 10 heteroatoms. The normalized spacial score (nSPS) is 12.4. The second-order valence-electron chi connectivity index (χ2n) is 10.1. The van der Waals surface area contributed by atoms with Crippen LogP contribution in [0.25, 0.3) is 0 Å². The van der Waals surface area contributed by atoms with Crippen LogP contribution in [0, 0.1) is 12.7 Å². The minimum atomic E-state index is -0.936. The standard InChI is InChI=1S/C32H35FN4O4S/c1-21-20-42-30(35-21)19-37(2)32(40)26-16-24(12-13-27(26)33)31(39)36-28(15-22-8-5-4-6-9-22)29(38)18-34-17-23-10-7-11-25(14-23)41-3/h4-14,16,20,28-29,34,38H,15,17-19H2,1-3H3,(H,36,39).